The van der Waals surface area contributed by atoms with Gasteiger partial charge in [-0.3, -0.25) is 0 Å². The average Bonchev–Trinajstić information content (AvgIpc) is 2.37. The molecule has 2 rings (SSSR count). The van der Waals surface area contributed by atoms with Gasteiger partial charge in [-0.1, -0.05) is 0 Å². The molecule has 112 valence electrons. The van der Waals surface area contributed by atoms with Gasteiger partial charge in [0.2, 0.25) is 10.0 Å². The first-order valence-corrected chi connectivity index (χ1v) is 7.65. The smallest absolute Gasteiger partial charge is 0.248 e. The molecule has 20 heavy (non-hydrogen) atoms. The van der Waals surface area contributed by atoms with E-state index < -0.39 is 26.6 Å². The molecule has 5 nitrogen and oxygen atoms in total. The highest BCUT2D eigenvalue weighted by atomic mass is 32.2. The summed E-state index contributed by atoms with van der Waals surface area (Å²) in [5.74, 6) is -2.35. The van der Waals surface area contributed by atoms with Crippen LogP contribution in [0.2, 0.25) is 0 Å². The third-order valence-corrected chi connectivity index (χ3v) is 5.40. The van der Waals surface area contributed by atoms with Crippen molar-refractivity contribution in [2.45, 2.75) is 17.7 Å². The van der Waals surface area contributed by atoms with Crippen LogP contribution in [-0.4, -0.2) is 37.5 Å². The normalized spacial score (nSPS) is 18.4. The van der Waals surface area contributed by atoms with Crippen molar-refractivity contribution in [2.75, 3.05) is 25.4 Å². The molecule has 1 fully saturated rings. The van der Waals surface area contributed by atoms with Gasteiger partial charge in [0.25, 0.3) is 0 Å². The Kier molecular flexibility index (Phi) is 4.26. The van der Waals surface area contributed by atoms with Gasteiger partial charge >= 0.3 is 0 Å². The molecule has 1 aliphatic rings. The van der Waals surface area contributed by atoms with E-state index in [0.29, 0.717) is 12.8 Å². The Morgan fingerprint density at radius 2 is 1.75 bits per heavy atom. The number of benzene rings is 1. The summed E-state index contributed by atoms with van der Waals surface area (Å²) in [6.45, 7) is 0.256. The maximum atomic E-state index is 13.7. The van der Waals surface area contributed by atoms with Crippen LogP contribution < -0.4 is 5.73 Å². The van der Waals surface area contributed by atoms with Crippen molar-refractivity contribution in [1.29, 1.82) is 0 Å². The molecule has 0 saturated carbocycles. The predicted octanol–water partition coefficient (Wildman–Crippen LogP) is 0.940. The second kappa shape index (κ2) is 5.63. The van der Waals surface area contributed by atoms with Crippen molar-refractivity contribution in [2.24, 2.45) is 5.92 Å². The van der Waals surface area contributed by atoms with E-state index in [1.165, 1.54) is 0 Å². The van der Waals surface area contributed by atoms with E-state index in [1.54, 1.807) is 0 Å². The molecule has 0 aliphatic carbocycles. The number of nitrogens with zero attached hydrogens (tertiary/aromatic N) is 1. The zero-order valence-electron chi connectivity index (χ0n) is 10.7. The molecule has 1 aliphatic heterocycles. The Morgan fingerprint density at radius 3 is 2.20 bits per heavy atom. The Bertz CT molecular complexity index is 576. The third kappa shape index (κ3) is 2.77. The predicted molar refractivity (Wildman–Crippen MR) is 69.3 cm³/mol. The zero-order chi connectivity index (χ0) is 14.9. The highest BCUT2D eigenvalue weighted by Crippen LogP contribution is 2.28. The first-order chi connectivity index (χ1) is 9.36. The maximum Gasteiger partial charge on any atom is 0.248 e. The van der Waals surface area contributed by atoms with Gasteiger partial charge in [0, 0.05) is 25.4 Å². The average molecular weight is 306 g/mol. The van der Waals surface area contributed by atoms with E-state index in [1.807, 2.05) is 0 Å². The van der Waals surface area contributed by atoms with Crippen LogP contribution >= 0.6 is 0 Å². The number of piperidine rings is 1. The number of anilines is 1. The van der Waals surface area contributed by atoms with Crippen LogP contribution in [0.15, 0.2) is 17.0 Å². The number of rotatable bonds is 3. The summed E-state index contributed by atoms with van der Waals surface area (Å²) in [5, 5.41) is 9.01. The monoisotopic (exact) mass is 306 g/mol. The fourth-order valence-corrected chi connectivity index (χ4v) is 3.85. The summed E-state index contributed by atoms with van der Waals surface area (Å²) in [4.78, 5) is -0.964. The first kappa shape index (κ1) is 15.1. The van der Waals surface area contributed by atoms with E-state index >= 15 is 0 Å². The molecule has 0 aromatic heterocycles. The summed E-state index contributed by atoms with van der Waals surface area (Å²) in [6.07, 6.45) is 0.932. The summed E-state index contributed by atoms with van der Waals surface area (Å²) in [6, 6.07) is 1.58. The van der Waals surface area contributed by atoms with Gasteiger partial charge in [0.05, 0.1) is 0 Å². The molecule has 1 heterocycles. The van der Waals surface area contributed by atoms with E-state index in [-0.39, 0.29) is 31.3 Å². The lowest BCUT2D eigenvalue weighted by Crippen LogP contribution is -2.39. The molecular weight excluding hydrogens is 290 g/mol. The van der Waals surface area contributed by atoms with Crippen molar-refractivity contribution in [1.82, 2.24) is 4.31 Å². The van der Waals surface area contributed by atoms with Crippen LogP contribution in [0.25, 0.3) is 0 Å². The number of nitrogens with two attached hydrogens (primary N) is 1. The molecule has 8 heteroatoms. The topological polar surface area (TPSA) is 83.6 Å². The lowest BCUT2D eigenvalue weighted by molar-refractivity contribution is 0.170. The Labute approximate surface area is 116 Å². The van der Waals surface area contributed by atoms with Gasteiger partial charge < -0.3 is 10.8 Å². The molecule has 1 aromatic rings. The minimum atomic E-state index is -4.23. The van der Waals surface area contributed by atoms with Gasteiger partial charge in [-0.15, -0.1) is 0 Å². The number of sulfonamides is 1. The van der Waals surface area contributed by atoms with Gasteiger partial charge in [0.15, 0.2) is 4.90 Å². The summed E-state index contributed by atoms with van der Waals surface area (Å²) in [7, 11) is -4.23. The van der Waals surface area contributed by atoms with Gasteiger partial charge in [-0.2, -0.15) is 4.31 Å². The van der Waals surface area contributed by atoms with E-state index in [0.717, 1.165) is 16.4 Å². The van der Waals surface area contributed by atoms with Crippen LogP contribution in [0, 0.1) is 17.6 Å². The summed E-state index contributed by atoms with van der Waals surface area (Å²) >= 11 is 0. The van der Waals surface area contributed by atoms with E-state index in [4.69, 9.17) is 10.8 Å². The van der Waals surface area contributed by atoms with Crippen LogP contribution in [0.3, 0.4) is 0 Å². The van der Waals surface area contributed by atoms with Crippen LogP contribution in [0.5, 0.6) is 0 Å². The maximum absolute atomic E-state index is 13.7. The molecule has 3 N–H and O–H groups in total. The molecular formula is C12H16F2N2O3S. The molecule has 0 atom stereocenters. The molecule has 0 amide bonds. The Balaban J connectivity index is 2.32. The third-order valence-electron chi connectivity index (χ3n) is 3.45. The molecule has 0 radical (unpaired) electrons. The molecule has 1 saturated heterocycles. The SMILES string of the molecule is Nc1cc(F)c(S(=O)(=O)N2CCC(CO)CC2)c(F)c1. The largest absolute Gasteiger partial charge is 0.399 e. The minimum absolute atomic E-state index is 0.0154. The lowest BCUT2D eigenvalue weighted by Gasteiger charge is -2.30. The minimum Gasteiger partial charge on any atom is -0.399 e. The number of hydrogen-bond acceptors (Lipinski definition) is 4. The standard InChI is InChI=1S/C12H16F2N2O3S/c13-10-5-9(15)6-11(14)12(10)20(18,19)16-3-1-8(7-17)2-4-16/h5-6,8,17H,1-4,7,15H2. The number of aliphatic hydroxyl groups is 1. The van der Waals surface area contributed by atoms with E-state index in [2.05, 4.69) is 0 Å². The Hall–Kier alpha value is -1.25. The van der Waals surface area contributed by atoms with Gasteiger partial charge in [0.1, 0.15) is 11.6 Å². The highest BCUT2D eigenvalue weighted by molar-refractivity contribution is 7.89. The summed E-state index contributed by atoms with van der Waals surface area (Å²) in [5.41, 5.74) is 5.10. The van der Waals surface area contributed by atoms with Crippen molar-refractivity contribution >= 4 is 15.7 Å². The highest BCUT2D eigenvalue weighted by Gasteiger charge is 2.33. The second-order valence-corrected chi connectivity index (χ2v) is 6.72. The van der Waals surface area contributed by atoms with Crippen molar-refractivity contribution in [3.63, 3.8) is 0 Å². The van der Waals surface area contributed by atoms with Crippen molar-refractivity contribution < 1.29 is 22.3 Å². The fourth-order valence-electron chi connectivity index (χ4n) is 2.29. The number of hydrogen-bond donors (Lipinski definition) is 2. The van der Waals surface area contributed by atoms with Crippen molar-refractivity contribution in [3.05, 3.63) is 23.8 Å². The number of aliphatic hydroxyl groups excluding tert-OH is 1. The molecule has 0 unspecified atom stereocenters. The van der Waals surface area contributed by atoms with Crippen LogP contribution in [0.4, 0.5) is 14.5 Å². The lowest BCUT2D eigenvalue weighted by atomic mass is 10.00. The number of nitrogen functional groups attached to an aromatic ring is 1. The van der Waals surface area contributed by atoms with Gasteiger partial charge in [-0.25, -0.2) is 17.2 Å². The zero-order valence-corrected chi connectivity index (χ0v) is 11.5. The number of halogens is 2. The quantitative estimate of drug-likeness (QED) is 0.814. The van der Waals surface area contributed by atoms with Crippen LogP contribution in [-0.2, 0) is 10.0 Å². The summed E-state index contributed by atoms with van der Waals surface area (Å²) < 4.78 is 53.1. The van der Waals surface area contributed by atoms with E-state index in [9.17, 15) is 17.2 Å². The van der Waals surface area contributed by atoms with Crippen molar-refractivity contribution in [3.8, 4) is 0 Å². The van der Waals surface area contributed by atoms with Crippen LogP contribution in [0.1, 0.15) is 12.8 Å². The molecule has 0 spiro atoms. The second-order valence-electron chi connectivity index (χ2n) is 4.84. The van der Waals surface area contributed by atoms with Gasteiger partial charge in [-0.05, 0) is 30.9 Å². The first-order valence-electron chi connectivity index (χ1n) is 6.21. The molecule has 1 aromatic carbocycles. The molecule has 0 bridgehead atoms. The fraction of sp³-hybridized carbons (Fsp3) is 0.500. The Morgan fingerprint density at radius 1 is 1.25 bits per heavy atom.